The molecule has 1 aromatic carbocycles. The highest BCUT2D eigenvalue weighted by atomic mass is 19.1. The number of nitrogen functional groups attached to an aromatic ring is 1. The Hall–Kier alpha value is -2.55. The highest BCUT2D eigenvalue weighted by molar-refractivity contribution is 5.73. The van der Waals surface area contributed by atoms with Gasteiger partial charge in [0.25, 0.3) is 0 Å². The molecule has 0 bridgehead atoms. The van der Waals surface area contributed by atoms with Gasteiger partial charge in [0.1, 0.15) is 11.9 Å². The third-order valence-electron chi connectivity index (χ3n) is 2.62. The van der Waals surface area contributed by atoms with Crippen LogP contribution in [0.5, 0.6) is 0 Å². The number of rotatable bonds is 2. The molecule has 1 aromatic heterocycles. The summed E-state index contributed by atoms with van der Waals surface area (Å²) in [6, 6.07) is 5.87. The van der Waals surface area contributed by atoms with Gasteiger partial charge in [-0.2, -0.15) is 10.4 Å². The van der Waals surface area contributed by atoms with Gasteiger partial charge in [0.15, 0.2) is 5.82 Å². The third kappa shape index (κ3) is 1.98. The number of hydrogen-bond acceptors (Lipinski definition) is 4. The Morgan fingerprint density at radius 1 is 1.50 bits per heavy atom. The van der Waals surface area contributed by atoms with Gasteiger partial charge in [-0.05, 0) is 25.1 Å². The molecule has 0 aliphatic rings. The lowest BCUT2D eigenvalue weighted by molar-refractivity contribution is 0.627. The van der Waals surface area contributed by atoms with Crippen LogP contribution in [-0.2, 0) is 7.05 Å². The van der Waals surface area contributed by atoms with Crippen molar-refractivity contribution in [3.05, 3.63) is 35.3 Å². The molecule has 3 N–H and O–H groups in total. The predicted octanol–water partition coefficient (Wildman–Crippen LogP) is 2.07. The monoisotopic (exact) mass is 245 g/mol. The molecular weight excluding hydrogens is 233 g/mol. The van der Waals surface area contributed by atoms with E-state index in [2.05, 4.69) is 10.4 Å². The van der Waals surface area contributed by atoms with Crippen molar-refractivity contribution in [1.29, 1.82) is 5.26 Å². The van der Waals surface area contributed by atoms with Crippen molar-refractivity contribution in [3.63, 3.8) is 0 Å². The van der Waals surface area contributed by atoms with Crippen molar-refractivity contribution >= 4 is 17.2 Å². The number of benzene rings is 1. The fourth-order valence-corrected chi connectivity index (χ4v) is 1.67. The van der Waals surface area contributed by atoms with Crippen LogP contribution in [0.3, 0.4) is 0 Å². The maximum Gasteiger partial charge on any atom is 0.152 e. The molecule has 2 rings (SSSR count). The van der Waals surface area contributed by atoms with E-state index < -0.39 is 5.82 Å². The van der Waals surface area contributed by atoms with Gasteiger partial charge in [0.2, 0.25) is 0 Å². The Labute approximate surface area is 104 Å². The van der Waals surface area contributed by atoms with Gasteiger partial charge in [-0.3, -0.25) is 4.68 Å². The number of nitrogens with zero attached hydrogens (tertiary/aromatic N) is 3. The van der Waals surface area contributed by atoms with E-state index in [1.165, 1.54) is 18.2 Å². The maximum absolute atomic E-state index is 13.0. The van der Waals surface area contributed by atoms with Crippen LogP contribution < -0.4 is 11.1 Å². The number of nitriles is 1. The first kappa shape index (κ1) is 11.9. The summed E-state index contributed by atoms with van der Waals surface area (Å²) in [6.07, 6.45) is 0. The minimum atomic E-state index is -0.453. The molecule has 0 aliphatic heterocycles. The van der Waals surface area contributed by atoms with Crippen molar-refractivity contribution in [3.8, 4) is 6.07 Å². The SMILES string of the molecule is Cc1nn(C)c(Nc2ccc(F)cc2C#N)c1N. The van der Waals surface area contributed by atoms with Gasteiger partial charge < -0.3 is 11.1 Å². The van der Waals surface area contributed by atoms with E-state index in [0.29, 0.717) is 22.9 Å². The Morgan fingerprint density at radius 2 is 2.22 bits per heavy atom. The van der Waals surface area contributed by atoms with Gasteiger partial charge in [-0.25, -0.2) is 4.39 Å². The minimum Gasteiger partial charge on any atom is -0.394 e. The Morgan fingerprint density at radius 3 is 2.78 bits per heavy atom. The molecular formula is C12H12FN5. The number of hydrogen-bond donors (Lipinski definition) is 2. The van der Waals surface area contributed by atoms with Crippen molar-refractivity contribution in [2.75, 3.05) is 11.1 Å². The molecule has 0 saturated carbocycles. The predicted molar refractivity (Wildman–Crippen MR) is 66.8 cm³/mol. The fraction of sp³-hybridized carbons (Fsp3) is 0.167. The van der Waals surface area contributed by atoms with Crippen molar-refractivity contribution < 1.29 is 4.39 Å². The molecule has 0 spiro atoms. The number of nitrogens with two attached hydrogens (primary N) is 1. The second-order valence-corrected chi connectivity index (χ2v) is 3.90. The minimum absolute atomic E-state index is 0.216. The number of aryl methyl sites for hydroxylation is 2. The topological polar surface area (TPSA) is 79.7 Å². The second kappa shape index (κ2) is 4.37. The van der Waals surface area contributed by atoms with E-state index in [9.17, 15) is 4.39 Å². The zero-order chi connectivity index (χ0) is 13.3. The molecule has 0 amide bonds. The van der Waals surface area contributed by atoms with Crippen LogP contribution in [0.2, 0.25) is 0 Å². The summed E-state index contributed by atoms with van der Waals surface area (Å²) in [5, 5.41) is 16.1. The Bertz CT molecular complexity index is 639. The summed E-state index contributed by atoms with van der Waals surface area (Å²) in [5.41, 5.74) is 7.78. The van der Waals surface area contributed by atoms with E-state index in [1.54, 1.807) is 18.7 Å². The van der Waals surface area contributed by atoms with Crippen LogP contribution in [0.25, 0.3) is 0 Å². The molecule has 0 unspecified atom stereocenters. The second-order valence-electron chi connectivity index (χ2n) is 3.90. The first-order chi connectivity index (χ1) is 8.52. The van der Waals surface area contributed by atoms with Crippen LogP contribution in [0.4, 0.5) is 21.6 Å². The lowest BCUT2D eigenvalue weighted by Gasteiger charge is -2.09. The zero-order valence-electron chi connectivity index (χ0n) is 10.0. The maximum atomic E-state index is 13.0. The number of nitrogens with one attached hydrogen (secondary N) is 1. The number of anilines is 3. The lowest BCUT2D eigenvalue weighted by Crippen LogP contribution is -2.03. The Kier molecular flexibility index (Phi) is 2.90. The van der Waals surface area contributed by atoms with Crippen LogP contribution in [0, 0.1) is 24.1 Å². The summed E-state index contributed by atoms with van der Waals surface area (Å²) in [6.45, 7) is 1.79. The van der Waals surface area contributed by atoms with Gasteiger partial charge >= 0.3 is 0 Å². The summed E-state index contributed by atoms with van der Waals surface area (Å²) in [5.74, 6) is 0.127. The summed E-state index contributed by atoms with van der Waals surface area (Å²) >= 11 is 0. The average Bonchev–Trinajstić information content (AvgIpc) is 2.58. The standard InChI is InChI=1S/C12H12FN5/c1-7-11(15)12(18(2)17-7)16-10-4-3-9(13)5-8(10)6-14/h3-5,16H,15H2,1-2H3. The number of aromatic nitrogens is 2. The van der Waals surface area contributed by atoms with Crippen molar-refractivity contribution in [1.82, 2.24) is 9.78 Å². The lowest BCUT2D eigenvalue weighted by atomic mass is 10.2. The fourth-order valence-electron chi connectivity index (χ4n) is 1.67. The molecule has 0 atom stereocenters. The van der Waals surface area contributed by atoms with E-state index in [1.807, 2.05) is 6.07 Å². The summed E-state index contributed by atoms with van der Waals surface area (Å²) in [7, 11) is 1.74. The molecule has 5 nitrogen and oxygen atoms in total. The molecule has 0 aliphatic carbocycles. The van der Waals surface area contributed by atoms with Gasteiger partial charge in [0, 0.05) is 7.05 Å². The van der Waals surface area contributed by atoms with Crippen molar-refractivity contribution in [2.45, 2.75) is 6.92 Å². The third-order valence-corrected chi connectivity index (χ3v) is 2.62. The van der Waals surface area contributed by atoms with E-state index in [-0.39, 0.29) is 5.56 Å². The normalized spacial score (nSPS) is 10.1. The highest BCUT2D eigenvalue weighted by Gasteiger charge is 2.12. The van der Waals surface area contributed by atoms with Gasteiger partial charge in [-0.1, -0.05) is 0 Å². The van der Waals surface area contributed by atoms with Crippen LogP contribution in [-0.4, -0.2) is 9.78 Å². The molecule has 6 heteroatoms. The Balaban J connectivity index is 2.44. The largest absolute Gasteiger partial charge is 0.394 e. The van der Waals surface area contributed by atoms with Crippen molar-refractivity contribution in [2.24, 2.45) is 7.05 Å². The zero-order valence-corrected chi connectivity index (χ0v) is 10.0. The molecule has 0 saturated heterocycles. The highest BCUT2D eigenvalue weighted by Crippen LogP contribution is 2.27. The first-order valence-corrected chi connectivity index (χ1v) is 5.28. The molecule has 2 aromatic rings. The summed E-state index contributed by atoms with van der Waals surface area (Å²) in [4.78, 5) is 0. The first-order valence-electron chi connectivity index (χ1n) is 5.28. The van der Waals surface area contributed by atoms with Crippen LogP contribution in [0.1, 0.15) is 11.3 Å². The van der Waals surface area contributed by atoms with Crippen LogP contribution >= 0.6 is 0 Å². The molecule has 0 fully saturated rings. The molecule has 0 radical (unpaired) electrons. The molecule has 92 valence electrons. The smallest absolute Gasteiger partial charge is 0.152 e. The summed E-state index contributed by atoms with van der Waals surface area (Å²) < 4.78 is 14.6. The quantitative estimate of drug-likeness (QED) is 0.848. The average molecular weight is 245 g/mol. The molecule has 1 heterocycles. The van der Waals surface area contributed by atoms with E-state index in [0.717, 1.165) is 0 Å². The number of halogens is 1. The van der Waals surface area contributed by atoms with E-state index in [4.69, 9.17) is 11.0 Å². The molecule has 18 heavy (non-hydrogen) atoms. The van der Waals surface area contributed by atoms with E-state index >= 15 is 0 Å². The van der Waals surface area contributed by atoms with Gasteiger partial charge in [-0.15, -0.1) is 0 Å². The van der Waals surface area contributed by atoms with Gasteiger partial charge in [0.05, 0.1) is 22.6 Å². The van der Waals surface area contributed by atoms with Crippen LogP contribution in [0.15, 0.2) is 18.2 Å².